The molecule has 0 radical (unpaired) electrons. The zero-order valence-corrected chi connectivity index (χ0v) is 15.2. The summed E-state index contributed by atoms with van der Waals surface area (Å²) >= 11 is 0. The normalized spacial score (nSPS) is 10.7. The number of rotatable bonds is 5. The molecule has 0 aliphatic heterocycles. The third kappa shape index (κ3) is 3.81. The summed E-state index contributed by atoms with van der Waals surface area (Å²) in [6.45, 7) is 0.224. The summed E-state index contributed by atoms with van der Waals surface area (Å²) in [6.07, 6.45) is 3.26. The predicted octanol–water partition coefficient (Wildman–Crippen LogP) is 3.05. The highest BCUT2D eigenvalue weighted by molar-refractivity contribution is 6.06. The Morgan fingerprint density at radius 1 is 0.966 bits per heavy atom. The van der Waals surface area contributed by atoms with Crippen LogP contribution in [0.2, 0.25) is 0 Å². The number of halogens is 1. The van der Waals surface area contributed by atoms with Crippen molar-refractivity contribution in [3.63, 3.8) is 0 Å². The first kappa shape index (κ1) is 18.3. The van der Waals surface area contributed by atoms with E-state index in [2.05, 4.69) is 20.6 Å². The van der Waals surface area contributed by atoms with E-state index in [1.807, 2.05) is 6.07 Å². The highest BCUT2D eigenvalue weighted by Gasteiger charge is 2.22. The van der Waals surface area contributed by atoms with Crippen molar-refractivity contribution < 1.29 is 14.0 Å². The lowest BCUT2D eigenvalue weighted by atomic mass is 10.3. The second-order valence-corrected chi connectivity index (χ2v) is 6.18. The van der Waals surface area contributed by atoms with Gasteiger partial charge in [0.15, 0.2) is 5.69 Å². The van der Waals surface area contributed by atoms with Crippen LogP contribution in [-0.2, 0) is 6.54 Å². The Hall–Kier alpha value is -4.07. The van der Waals surface area contributed by atoms with Crippen LogP contribution in [0.15, 0.2) is 73.1 Å². The van der Waals surface area contributed by atoms with Crippen molar-refractivity contribution in [2.45, 2.75) is 6.54 Å². The van der Waals surface area contributed by atoms with Gasteiger partial charge >= 0.3 is 0 Å². The van der Waals surface area contributed by atoms with Crippen LogP contribution in [0.1, 0.15) is 26.8 Å². The third-order valence-electron chi connectivity index (χ3n) is 4.24. The van der Waals surface area contributed by atoms with Gasteiger partial charge in [-0.2, -0.15) is 0 Å². The molecular formula is C21H16FN5O2. The summed E-state index contributed by atoms with van der Waals surface area (Å²) in [4.78, 5) is 33.7. The smallest absolute Gasteiger partial charge is 0.292 e. The van der Waals surface area contributed by atoms with E-state index in [1.165, 1.54) is 22.6 Å². The van der Waals surface area contributed by atoms with E-state index >= 15 is 0 Å². The molecule has 0 saturated carbocycles. The number of para-hydroxylation sites is 1. The maximum absolute atomic E-state index is 13.9. The zero-order chi connectivity index (χ0) is 20.2. The Kier molecular flexibility index (Phi) is 4.98. The molecule has 2 amide bonds. The molecule has 144 valence electrons. The fraction of sp³-hybridized carbons (Fsp3) is 0.0476. The van der Waals surface area contributed by atoms with Crippen LogP contribution >= 0.6 is 0 Å². The molecule has 0 aliphatic carbocycles. The van der Waals surface area contributed by atoms with Crippen molar-refractivity contribution in [3.05, 3.63) is 96.1 Å². The molecule has 4 aromatic rings. The van der Waals surface area contributed by atoms with Gasteiger partial charge in [-0.15, -0.1) is 0 Å². The number of amides is 2. The zero-order valence-electron chi connectivity index (χ0n) is 15.2. The molecule has 0 bridgehead atoms. The molecule has 0 atom stereocenters. The summed E-state index contributed by atoms with van der Waals surface area (Å²) < 4.78 is 15.4. The molecule has 3 aromatic heterocycles. The number of nitrogens with zero attached hydrogens (tertiary/aromatic N) is 3. The van der Waals surface area contributed by atoms with E-state index in [-0.39, 0.29) is 23.8 Å². The second-order valence-electron chi connectivity index (χ2n) is 6.18. The monoisotopic (exact) mass is 389 g/mol. The molecule has 0 unspecified atom stereocenters. The van der Waals surface area contributed by atoms with Crippen LogP contribution in [0, 0.1) is 5.82 Å². The Morgan fingerprint density at radius 2 is 1.76 bits per heavy atom. The minimum absolute atomic E-state index is 0.0214. The number of anilines is 1. The van der Waals surface area contributed by atoms with Crippen molar-refractivity contribution in [2.75, 3.05) is 5.32 Å². The number of nitrogens with one attached hydrogen (secondary N) is 2. The number of hydrogen-bond donors (Lipinski definition) is 2. The van der Waals surface area contributed by atoms with Crippen molar-refractivity contribution in [3.8, 4) is 0 Å². The van der Waals surface area contributed by atoms with E-state index in [0.29, 0.717) is 11.2 Å². The summed E-state index contributed by atoms with van der Waals surface area (Å²) in [5.74, 6) is -1.65. The van der Waals surface area contributed by atoms with Crippen LogP contribution in [-0.4, -0.2) is 26.2 Å². The Bertz CT molecular complexity index is 1190. The lowest BCUT2D eigenvalue weighted by Gasteiger charge is -2.05. The molecule has 0 fully saturated rings. The Morgan fingerprint density at radius 3 is 2.55 bits per heavy atom. The number of hydrogen-bond acceptors (Lipinski definition) is 4. The molecule has 0 saturated heterocycles. The Balaban J connectivity index is 1.62. The van der Waals surface area contributed by atoms with Crippen molar-refractivity contribution in [1.82, 2.24) is 19.7 Å². The maximum atomic E-state index is 13.9. The van der Waals surface area contributed by atoms with Gasteiger partial charge in [0.25, 0.3) is 11.8 Å². The van der Waals surface area contributed by atoms with Crippen LogP contribution in [0.3, 0.4) is 0 Å². The highest BCUT2D eigenvalue weighted by Crippen LogP contribution is 2.17. The number of fused-ring (bicyclic) bond motifs is 1. The highest BCUT2D eigenvalue weighted by atomic mass is 19.1. The molecule has 2 N–H and O–H groups in total. The largest absolute Gasteiger partial charge is 0.345 e. The van der Waals surface area contributed by atoms with Gasteiger partial charge in [0.1, 0.15) is 5.82 Å². The third-order valence-corrected chi connectivity index (χ3v) is 4.24. The maximum Gasteiger partial charge on any atom is 0.292 e. The van der Waals surface area contributed by atoms with E-state index in [9.17, 15) is 14.0 Å². The first-order valence-electron chi connectivity index (χ1n) is 8.84. The number of carbonyl (C=O) groups excluding carboxylic acids is 2. The minimum atomic E-state index is -0.625. The summed E-state index contributed by atoms with van der Waals surface area (Å²) in [5, 5.41) is 5.24. The van der Waals surface area contributed by atoms with Crippen LogP contribution < -0.4 is 10.6 Å². The molecule has 8 heteroatoms. The standard InChI is InChI=1S/C21H16FN5O2/c22-15-8-1-2-9-16(15)25-21(29)19-26-18(17-10-4-6-12-27(17)19)20(28)24-13-14-7-3-5-11-23-14/h1-12H,13H2,(H,24,28)(H,25,29). The molecule has 0 spiro atoms. The lowest BCUT2D eigenvalue weighted by Crippen LogP contribution is -2.24. The molecule has 3 heterocycles. The first-order valence-corrected chi connectivity index (χ1v) is 8.84. The van der Waals surface area contributed by atoms with E-state index in [4.69, 9.17) is 0 Å². The molecule has 29 heavy (non-hydrogen) atoms. The predicted molar refractivity (Wildman–Crippen MR) is 105 cm³/mol. The summed E-state index contributed by atoms with van der Waals surface area (Å²) in [5.41, 5.74) is 1.29. The number of pyridine rings is 2. The van der Waals surface area contributed by atoms with Gasteiger partial charge in [-0.3, -0.25) is 19.0 Å². The van der Waals surface area contributed by atoms with Crippen LogP contribution in [0.5, 0.6) is 0 Å². The van der Waals surface area contributed by atoms with E-state index in [0.717, 1.165) is 0 Å². The number of aromatic nitrogens is 3. The van der Waals surface area contributed by atoms with Gasteiger partial charge in [0, 0.05) is 12.4 Å². The van der Waals surface area contributed by atoms with Gasteiger partial charge in [-0.25, -0.2) is 9.37 Å². The molecule has 0 aliphatic rings. The Labute approximate surface area is 165 Å². The number of carbonyl (C=O) groups is 2. The van der Waals surface area contributed by atoms with E-state index in [1.54, 1.807) is 48.8 Å². The van der Waals surface area contributed by atoms with Crippen molar-refractivity contribution in [1.29, 1.82) is 0 Å². The van der Waals surface area contributed by atoms with Gasteiger partial charge < -0.3 is 10.6 Å². The molecular weight excluding hydrogens is 373 g/mol. The minimum Gasteiger partial charge on any atom is -0.345 e. The summed E-state index contributed by atoms with van der Waals surface area (Å²) in [7, 11) is 0. The number of benzene rings is 1. The van der Waals surface area contributed by atoms with Crippen LogP contribution in [0.4, 0.5) is 10.1 Å². The first-order chi connectivity index (χ1) is 14.1. The number of imidazole rings is 1. The quantitative estimate of drug-likeness (QED) is 0.549. The summed E-state index contributed by atoms with van der Waals surface area (Å²) in [6, 6.07) is 16.4. The molecule has 1 aromatic carbocycles. The molecule has 4 rings (SSSR count). The van der Waals surface area contributed by atoms with Gasteiger partial charge in [0.2, 0.25) is 5.82 Å². The van der Waals surface area contributed by atoms with Gasteiger partial charge in [-0.1, -0.05) is 24.3 Å². The topological polar surface area (TPSA) is 88.4 Å². The van der Waals surface area contributed by atoms with Gasteiger partial charge in [0.05, 0.1) is 23.4 Å². The SMILES string of the molecule is O=C(NCc1ccccn1)c1nc(C(=O)Nc2ccccc2F)n2ccccc12. The van der Waals surface area contributed by atoms with Gasteiger partial charge in [-0.05, 0) is 36.4 Å². The lowest BCUT2D eigenvalue weighted by molar-refractivity contribution is 0.0947. The van der Waals surface area contributed by atoms with E-state index < -0.39 is 17.6 Å². The fourth-order valence-electron chi connectivity index (χ4n) is 2.86. The second kappa shape index (κ2) is 7.89. The fourth-order valence-corrected chi connectivity index (χ4v) is 2.86. The van der Waals surface area contributed by atoms with Crippen molar-refractivity contribution in [2.24, 2.45) is 0 Å². The average molecular weight is 389 g/mol. The van der Waals surface area contributed by atoms with Crippen molar-refractivity contribution >= 4 is 23.0 Å². The van der Waals surface area contributed by atoms with Crippen LogP contribution in [0.25, 0.3) is 5.52 Å². The molecule has 7 nitrogen and oxygen atoms in total. The average Bonchev–Trinajstić information content (AvgIpc) is 3.14.